The van der Waals surface area contributed by atoms with E-state index in [0.29, 0.717) is 25.4 Å². The Balaban J connectivity index is 1.67. The summed E-state index contributed by atoms with van der Waals surface area (Å²) in [4.78, 5) is 23.1. The van der Waals surface area contributed by atoms with E-state index in [-0.39, 0.29) is 17.5 Å². The molecule has 0 aliphatic heterocycles. The number of hydrogen-bond acceptors (Lipinski definition) is 5. The fraction of sp³-hybridized carbons (Fsp3) is 0.484. The second kappa shape index (κ2) is 18.1. The molecule has 0 saturated carbocycles. The maximum absolute atomic E-state index is 14.5. The molecular formula is C31H41FO5. The molecule has 0 aliphatic rings. The van der Waals surface area contributed by atoms with Gasteiger partial charge in [0, 0.05) is 12.5 Å². The Morgan fingerprint density at radius 3 is 2.11 bits per heavy atom. The molecule has 0 amide bonds. The molecule has 0 N–H and O–H groups in total. The zero-order valence-electron chi connectivity index (χ0n) is 22.1. The molecule has 2 aromatic carbocycles. The van der Waals surface area contributed by atoms with E-state index in [1.807, 2.05) is 18.2 Å². The van der Waals surface area contributed by atoms with Gasteiger partial charge < -0.3 is 14.2 Å². The summed E-state index contributed by atoms with van der Waals surface area (Å²) in [5.41, 5.74) is 1.57. The standard InChI is InChI=1S/C31H41FO5/c1-3-5-6-7-10-13-22-35-29-21-18-26(24-28(29)32)25-16-19-27(20-17-25)37-31(34)15-12-9-8-11-14-23-36-30(33)4-2/h4,16-21,24H,2-3,5-15,22-23H2,1H3. The molecule has 2 rings (SSSR count). The van der Waals surface area contributed by atoms with Crippen LogP contribution in [0.3, 0.4) is 0 Å². The Hall–Kier alpha value is -3.15. The van der Waals surface area contributed by atoms with E-state index in [2.05, 4.69) is 13.5 Å². The van der Waals surface area contributed by atoms with Gasteiger partial charge >= 0.3 is 11.9 Å². The first-order valence-electron chi connectivity index (χ1n) is 13.6. The summed E-state index contributed by atoms with van der Waals surface area (Å²) < 4.78 is 30.5. The lowest BCUT2D eigenvalue weighted by molar-refractivity contribution is -0.138. The molecule has 0 fully saturated rings. The Morgan fingerprint density at radius 2 is 1.43 bits per heavy atom. The van der Waals surface area contributed by atoms with Crippen molar-refractivity contribution in [1.29, 1.82) is 0 Å². The molecule has 0 spiro atoms. The predicted octanol–water partition coefficient (Wildman–Crippen LogP) is 8.21. The van der Waals surface area contributed by atoms with Crippen LogP contribution in [0.5, 0.6) is 11.5 Å². The van der Waals surface area contributed by atoms with Gasteiger partial charge in [0.2, 0.25) is 0 Å². The van der Waals surface area contributed by atoms with Gasteiger partial charge in [-0.3, -0.25) is 4.79 Å². The van der Waals surface area contributed by atoms with Gasteiger partial charge in [0.05, 0.1) is 13.2 Å². The van der Waals surface area contributed by atoms with E-state index in [0.717, 1.165) is 62.1 Å². The van der Waals surface area contributed by atoms with Crippen molar-refractivity contribution in [3.63, 3.8) is 0 Å². The minimum absolute atomic E-state index is 0.273. The fourth-order valence-corrected chi connectivity index (χ4v) is 3.89. The first-order chi connectivity index (χ1) is 18.0. The zero-order chi connectivity index (χ0) is 26.7. The Bertz CT molecular complexity index is 955. The molecule has 0 unspecified atom stereocenters. The van der Waals surface area contributed by atoms with Gasteiger partial charge in [-0.2, -0.15) is 0 Å². The highest BCUT2D eigenvalue weighted by molar-refractivity contribution is 5.81. The number of halogens is 1. The number of esters is 2. The Kier molecular flexibility index (Phi) is 14.8. The van der Waals surface area contributed by atoms with Crippen molar-refractivity contribution >= 4 is 11.9 Å². The lowest BCUT2D eigenvalue weighted by Crippen LogP contribution is -2.07. The molecular weight excluding hydrogens is 471 g/mol. The molecule has 0 aliphatic carbocycles. The number of ether oxygens (including phenoxy) is 3. The molecule has 6 heteroatoms. The van der Waals surface area contributed by atoms with Crippen LogP contribution in [0.2, 0.25) is 0 Å². The average molecular weight is 513 g/mol. The molecule has 2 aromatic rings. The smallest absolute Gasteiger partial charge is 0.330 e. The first kappa shape index (κ1) is 30.1. The third-order valence-electron chi connectivity index (χ3n) is 6.04. The Morgan fingerprint density at radius 1 is 0.811 bits per heavy atom. The van der Waals surface area contributed by atoms with Gasteiger partial charge in [0.1, 0.15) is 5.75 Å². The second-order valence-corrected chi connectivity index (χ2v) is 9.15. The van der Waals surface area contributed by atoms with E-state index < -0.39 is 5.97 Å². The van der Waals surface area contributed by atoms with Crippen molar-refractivity contribution in [2.45, 2.75) is 84.0 Å². The minimum atomic E-state index is -0.399. The van der Waals surface area contributed by atoms with E-state index in [4.69, 9.17) is 14.2 Å². The molecule has 202 valence electrons. The molecule has 37 heavy (non-hydrogen) atoms. The number of benzene rings is 2. The van der Waals surface area contributed by atoms with Crippen molar-refractivity contribution in [2.24, 2.45) is 0 Å². The highest BCUT2D eigenvalue weighted by atomic mass is 19.1. The van der Waals surface area contributed by atoms with E-state index in [1.165, 1.54) is 31.7 Å². The second-order valence-electron chi connectivity index (χ2n) is 9.15. The predicted molar refractivity (Wildman–Crippen MR) is 145 cm³/mol. The van der Waals surface area contributed by atoms with Crippen molar-refractivity contribution in [2.75, 3.05) is 13.2 Å². The lowest BCUT2D eigenvalue weighted by Gasteiger charge is -2.10. The zero-order valence-corrected chi connectivity index (χ0v) is 22.1. The summed E-state index contributed by atoms with van der Waals surface area (Å²) in [5, 5.41) is 0. The summed E-state index contributed by atoms with van der Waals surface area (Å²) >= 11 is 0. The number of carbonyl (C=O) groups is 2. The molecule has 0 aromatic heterocycles. The Labute approximate surface area is 221 Å². The van der Waals surface area contributed by atoms with Crippen LogP contribution < -0.4 is 9.47 Å². The van der Waals surface area contributed by atoms with Gasteiger partial charge in [0.25, 0.3) is 0 Å². The summed E-state index contributed by atoms with van der Waals surface area (Å²) in [6.45, 7) is 6.47. The monoisotopic (exact) mass is 512 g/mol. The molecule has 0 saturated heterocycles. The highest BCUT2D eigenvalue weighted by Gasteiger charge is 2.09. The molecule has 5 nitrogen and oxygen atoms in total. The van der Waals surface area contributed by atoms with Crippen LogP contribution in [-0.4, -0.2) is 25.2 Å². The van der Waals surface area contributed by atoms with Gasteiger partial charge in [-0.05, 0) is 54.7 Å². The lowest BCUT2D eigenvalue weighted by atomic mass is 10.1. The molecule has 0 bridgehead atoms. The third-order valence-corrected chi connectivity index (χ3v) is 6.04. The minimum Gasteiger partial charge on any atom is -0.491 e. The first-order valence-corrected chi connectivity index (χ1v) is 13.6. The molecule has 0 radical (unpaired) electrons. The largest absolute Gasteiger partial charge is 0.491 e. The van der Waals surface area contributed by atoms with Crippen LogP contribution in [-0.2, 0) is 14.3 Å². The van der Waals surface area contributed by atoms with Crippen LogP contribution in [0.25, 0.3) is 11.1 Å². The number of hydrogen-bond donors (Lipinski definition) is 0. The van der Waals surface area contributed by atoms with Crippen molar-refractivity contribution in [3.8, 4) is 22.6 Å². The maximum atomic E-state index is 14.5. The van der Waals surface area contributed by atoms with Crippen molar-refractivity contribution < 1.29 is 28.2 Å². The van der Waals surface area contributed by atoms with Crippen molar-refractivity contribution in [1.82, 2.24) is 0 Å². The average Bonchev–Trinajstić information content (AvgIpc) is 2.90. The van der Waals surface area contributed by atoms with Crippen molar-refractivity contribution in [3.05, 3.63) is 60.9 Å². The van der Waals surface area contributed by atoms with E-state index >= 15 is 0 Å². The summed E-state index contributed by atoms with van der Waals surface area (Å²) in [6, 6.07) is 12.0. The van der Waals surface area contributed by atoms with Crippen LogP contribution in [0, 0.1) is 5.82 Å². The van der Waals surface area contributed by atoms with Crippen LogP contribution in [0.4, 0.5) is 4.39 Å². The van der Waals surface area contributed by atoms with E-state index in [1.54, 1.807) is 18.2 Å². The summed E-state index contributed by atoms with van der Waals surface area (Å²) in [5.74, 6) is -0.303. The topological polar surface area (TPSA) is 61.8 Å². The maximum Gasteiger partial charge on any atom is 0.330 e. The molecule has 0 heterocycles. The summed E-state index contributed by atoms with van der Waals surface area (Å²) in [6.07, 6.45) is 12.8. The molecule has 0 atom stereocenters. The van der Waals surface area contributed by atoms with Gasteiger partial charge in [0.15, 0.2) is 11.6 Å². The van der Waals surface area contributed by atoms with Gasteiger partial charge in [-0.15, -0.1) is 0 Å². The third kappa shape index (κ3) is 12.6. The van der Waals surface area contributed by atoms with Gasteiger partial charge in [-0.1, -0.05) is 83.1 Å². The van der Waals surface area contributed by atoms with Crippen LogP contribution in [0.15, 0.2) is 55.1 Å². The number of rotatable bonds is 19. The fourth-order valence-electron chi connectivity index (χ4n) is 3.89. The van der Waals surface area contributed by atoms with Crippen LogP contribution in [0.1, 0.15) is 84.0 Å². The van der Waals surface area contributed by atoms with Crippen LogP contribution >= 0.6 is 0 Å². The number of carbonyl (C=O) groups excluding carboxylic acids is 2. The highest BCUT2D eigenvalue weighted by Crippen LogP contribution is 2.27. The quantitative estimate of drug-likeness (QED) is 0.0821. The summed E-state index contributed by atoms with van der Waals surface area (Å²) in [7, 11) is 0. The normalized spacial score (nSPS) is 10.6. The van der Waals surface area contributed by atoms with Gasteiger partial charge in [-0.25, -0.2) is 9.18 Å². The SMILES string of the molecule is C=CC(=O)OCCCCCCCC(=O)Oc1ccc(-c2ccc(OCCCCCCCC)c(F)c2)cc1. The number of unbranched alkanes of at least 4 members (excludes halogenated alkanes) is 9. The van der Waals surface area contributed by atoms with E-state index in [9.17, 15) is 14.0 Å².